The third kappa shape index (κ3) is 4.56. The van der Waals surface area contributed by atoms with Gasteiger partial charge in [0.25, 0.3) is 9.84 Å². The lowest BCUT2D eigenvalue weighted by atomic mass is 10.3. The Kier molecular flexibility index (Phi) is 4.88. The Balaban J connectivity index is 3.18. The number of hydrogen-bond donors (Lipinski definition) is 1. The van der Waals surface area contributed by atoms with Crippen molar-refractivity contribution in [3.63, 3.8) is 0 Å². The maximum Gasteiger partial charge on any atom is 0.501 e. The van der Waals surface area contributed by atoms with E-state index >= 15 is 0 Å². The molecule has 0 heterocycles. The Hall–Kier alpha value is -1.36. The van der Waals surface area contributed by atoms with Crippen molar-refractivity contribution in [1.82, 2.24) is 0 Å². The monoisotopic (exact) mass is 349 g/mol. The summed E-state index contributed by atoms with van der Waals surface area (Å²) < 4.78 is 95.1. The first kappa shape index (κ1) is 17.7. The average molecular weight is 349 g/mol. The van der Waals surface area contributed by atoms with Gasteiger partial charge in [-0.3, -0.25) is 0 Å². The Labute approximate surface area is 118 Å². The smallest absolute Gasteiger partial charge is 0.383 e. The zero-order valence-corrected chi connectivity index (χ0v) is 12.2. The van der Waals surface area contributed by atoms with Crippen molar-refractivity contribution in [3.8, 4) is 0 Å². The van der Waals surface area contributed by atoms with Crippen LogP contribution in [0.5, 0.6) is 0 Å². The van der Waals surface area contributed by atoms with Gasteiger partial charge in [-0.25, -0.2) is 21.2 Å². The molecule has 0 aliphatic rings. The van der Waals surface area contributed by atoms with Crippen molar-refractivity contribution < 1.29 is 34.4 Å². The highest BCUT2D eigenvalue weighted by molar-refractivity contribution is 7.92. The molecule has 21 heavy (non-hydrogen) atoms. The molecule has 0 spiro atoms. The predicted molar refractivity (Wildman–Crippen MR) is 67.8 cm³/mol. The van der Waals surface area contributed by atoms with Gasteiger partial charge in [-0.1, -0.05) is 0 Å². The molecule has 11 heteroatoms. The second-order valence-electron chi connectivity index (χ2n) is 4.15. The van der Waals surface area contributed by atoms with Crippen LogP contribution in [-0.4, -0.2) is 40.9 Å². The Morgan fingerprint density at radius 3 is 2.19 bits per heavy atom. The molecule has 1 aromatic rings. The summed E-state index contributed by atoms with van der Waals surface area (Å²) in [5.74, 6) is -1.58. The molecule has 0 aromatic heterocycles. The van der Waals surface area contributed by atoms with Gasteiger partial charge in [0, 0.05) is 12.8 Å². The molecule has 0 saturated carbocycles. The van der Waals surface area contributed by atoms with Crippen LogP contribution in [0.15, 0.2) is 23.1 Å². The standard InChI is InChI=1S/C10H11F4NO4S2/c1-20(16,17)5-4-15-8-3-2-7(11)6-9(8)21(18,19)10(12,13)14/h2-3,6,15H,4-5H2,1H3. The normalized spacial score (nSPS) is 13.2. The van der Waals surface area contributed by atoms with E-state index in [0.717, 1.165) is 18.4 Å². The van der Waals surface area contributed by atoms with Gasteiger partial charge in [-0.05, 0) is 18.2 Å². The number of nitrogens with one attached hydrogen (secondary N) is 1. The van der Waals surface area contributed by atoms with E-state index in [9.17, 15) is 34.4 Å². The predicted octanol–water partition coefficient (Wildman–Crippen LogP) is 1.58. The molecule has 0 aliphatic carbocycles. The largest absolute Gasteiger partial charge is 0.501 e. The maximum atomic E-state index is 13.0. The molecule has 1 aromatic carbocycles. The van der Waals surface area contributed by atoms with Crippen molar-refractivity contribution in [2.45, 2.75) is 10.4 Å². The van der Waals surface area contributed by atoms with Crippen molar-refractivity contribution in [2.75, 3.05) is 23.9 Å². The van der Waals surface area contributed by atoms with Crippen LogP contribution in [0.25, 0.3) is 0 Å². The topological polar surface area (TPSA) is 80.3 Å². The molecule has 0 fully saturated rings. The van der Waals surface area contributed by atoms with Gasteiger partial charge in [0.05, 0.1) is 11.4 Å². The van der Waals surface area contributed by atoms with E-state index in [-0.39, 0.29) is 12.6 Å². The minimum Gasteiger partial charge on any atom is -0.383 e. The van der Waals surface area contributed by atoms with Gasteiger partial charge in [0.1, 0.15) is 20.5 Å². The molecule has 0 unspecified atom stereocenters. The number of benzene rings is 1. The van der Waals surface area contributed by atoms with Crippen LogP contribution in [0.1, 0.15) is 0 Å². The minimum absolute atomic E-state index is 0.228. The highest BCUT2D eigenvalue weighted by Crippen LogP contribution is 2.34. The molecule has 0 atom stereocenters. The zero-order valence-electron chi connectivity index (χ0n) is 10.6. The molecule has 1 rings (SSSR count). The first-order chi connectivity index (χ1) is 9.34. The fraction of sp³-hybridized carbons (Fsp3) is 0.400. The summed E-state index contributed by atoms with van der Waals surface area (Å²) in [4.78, 5) is -1.29. The molecule has 0 aliphatic heterocycles. The lowest BCUT2D eigenvalue weighted by Crippen LogP contribution is -2.25. The van der Waals surface area contributed by atoms with E-state index in [1.165, 1.54) is 0 Å². The molecule has 1 N–H and O–H groups in total. The Morgan fingerprint density at radius 1 is 1.14 bits per heavy atom. The van der Waals surface area contributed by atoms with Crippen LogP contribution in [0.2, 0.25) is 0 Å². The van der Waals surface area contributed by atoms with Crippen molar-refractivity contribution >= 4 is 25.4 Å². The summed E-state index contributed by atoms with van der Waals surface area (Å²) >= 11 is 0. The van der Waals surface area contributed by atoms with Crippen molar-refractivity contribution in [1.29, 1.82) is 0 Å². The minimum atomic E-state index is -5.75. The van der Waals surface area contributed by atoms with Crippen LogP contribution < -0.4 is 5.32 Å². The van der Waals surface area contributed by atoms with Crippen LogP contribution in [0.4, 0.5) is 23.2 Å². The fourth-order valence-corrected chi connectivity index (χ4v) is 2.78. The van der Waals surface area contributed by atoms with Gasteiger partial charge in [-0.15, -0.1) is 0 Å². The van der Waals surface area contributed by atoms with Gasteiger partial charge >= 0.3 is 5.51 Å². The van der Waals surface area contributed by atoms with Crippen molar-refractivity contribution in [3.05, 3.63) is 24.0 Å². The van der Waals surface area contributed by atoms with Crippen molar-refractivity contribution in [2.24, 2.45) is 0 Å². The summed E-state index contributed by atoms with van der Waals surface area (Å²) in [5.41, 5.74) is -6.11. The van der Waals surface area contributed by atoms with E-state index < -0.39 is 47.3 Å². The second kappa shape index (κ2) is 5.79. The summed E-state index contributed by atoms with van der Waals surface area (Å²) in [6.07, 6.45) is 0.909. The average Bonchev–Trinajstić information content (AvgIpc) is 2.27. The molecule has 0 bridgehead atoms. The van der Waals surface area contributed by atoms with Crippen LogP contribution in [0.3, 0.4) is 0 Å². The number of halogens is 4. The summed E-state index contributed by atoms with van der Waals surface area (Å²) in [6.45, 7) is -0.315. The third-order valence-corrected chi connectivity index (χ3v) is 4.80. The number of alkyl halides is 3. The number of anilines is 1. The first-order valence-electron chi connectivity index (χ1n) is 5.37. The molecule has 0 amide bonds. The molecule has 0 saturated heterocycles. The molecule has 120 valence electrons. The fourth-order valence-electron chi connectivity index (χ4n) is 1.36. The molecule has 5 nitrogen and oxygen atoms in total. The first-order valence-corrected chi connectivity index (χ1v) is 8.91. The molecular formula is C10H11F4NO4S2. The lowest BCUT2D eigenvalue weighted by Gasteiger charge is -2.14. The maximum absolute atomic E-state index is 13.0. The van der Waals surface area contributed by atoms with Gasteiger partial charge in [0.2, 0.25) is 0 Å². The van der Waals surface area contributed by atoms with Gasteiger partial charge in [0.15, 0.2) is 0 Å². The van der Waals surface area contributed by atoms with Crippen LogP contribution in [-0.2, 0) is 19.7 Å². The van der Waals surface area contributed by atoms with E-state index in [4.69, 9.17) is 0 Å². The number of hydrogen-bond acceptors (Lipinski definition) is 5. The molecular weight excluding hydrogens is 338 g/mol. The summed E-state index contributed by atoms with van der Waals surface area (Å²) in [7, 11) is -9.13. The lowest BCUT2D eigenvalue weighted by molar-refractivity contribution is -0.0435. The van der Waals surface area contributed by atoms with Gasteiger partial charge < -0.3 is 5.32 Å². The second-order valence-corrected chi connectivity index (χ2v) is 8.32. The summed E-state index contributed by atoms with van der Waals surface area (Å²) in [6, 6.07) is 1.79. The Morgan fingerprint density at radius 2 is 1.71 bits per heavy atom. The zero-order chi connectivity index (χ0) is 16.5. The van der Waals surface area contributed by atoms with E-state index in [2.05, 4.69) is 5.32 Å². The van der Waals surface area contributed by atoms with E-state index in [1.54, 1.807) is 0 Å². The van der Waals surface area contributed by atoms with Crippen LogP contribution in [0, 0.1) is 5.82 Å². The summed E-state index contributed by atoms with van der Waals surface area (Å²) in [5, 5.41) is 2.25. The number of sulfone groups is 2. The quantitative estimate of drug-likeness (QED) is 0.817. The van der Waals surface area contributed by atoms with E-state index in [0.29, 0.717) is 0 Å². The highest BCUT2D eigenvalue weighted by atomic mass is 32.2. The Bertz CT molecular complexity index is 726. The SMILES string of the molecule is CS(=O)(=O)CCNc1ccc(F)cc1S(=O)(=O)C(F)(F)F. The van der Waals surface area contributed by atoms with Crippen LogP contribution >= 0.6 is 0 Å². The molecule has 0 radical (unpaired) electrons. The highest BCUT2D eigenvalue weighted by Gasteiger charge is 2.48. The van der Waals surface area contributed by atoms with Gasteiger partial charge in [-0.2, -0.15) is 13.2 Å². The third-order valence-electron chi connectivity index (χ3n) is 2.33. The van der Waals surface area contributed by atoms with E-state index in [1.807, 2.05) is 0 Å². The number of rotatable bonds is 5.